The van der Waals surface area contributed by atoms with Crippen LogP contribution in [0.25, 0.3) is 0 Å². The first-order chi connectivity index (χ1) is 12.9. The molecule has 0 saturated heterocycles. The molecule has 0 bridgehead atoms. The summed E-state index contributed by atoms with van der Waals surface area (Å²) in [6.07, 6.45) is 0.794. The minimum Gasteiger partial charge on any atom is -0.490 e. The van der Waals surface area contributed by atoms with Gasteiger partial charge in [0.1, 0.15) is 0 Å². The summed E-state index contributed by atoms with van der Waals surface area (Å²) in [7, 11) is -3.64. The second kappa shape index (κ2) is 7.98. The lowest BCUT2D eigenvalue weighted by molar-refractivity contribution is 0.102. The van der Waals surface area contributed by atoms with Crippen LogP contribution in [0.3, 0.4) is 0 Å². The van der Waals surface area contributed by atoms with Crippen molar-refractivity contribution in [2.45, 2.75) is 25.2 Å². The first-order valence-corrected chi connectivity index (χ1v) is 10.2. The first-order valence-electron chi connectivity index (χ1n) is 8.72. The molecule has 1 amide bonds. The number of hydrogen-bond donors (Lipinski definition) is 2. The average molecular weight is 390 g/mol. The molecule has 0 saturated carbocycles. The van der Waals surface area contributed by atoms with Crippen LogP contribution in [-0.4, -0.2) is 34.1 Å². The number of ether oxygens (including phenoxy) is 2. The van der Waals surface area contributed by atoms with Gasteiger partial charge in [0.15, 0.2) is 11.5 Å². The molecule has 7 nitrogen and oxygen atoms in total. The van der Waals surface area contributed by atoms with Crippen LogP contribution in [0, 0.1) is 6.92 Å². The van der Waals surface area contributed by atoms with Gasteiger partial charge in [0.2, 0.25) is 10.0 Å². The van der Waals surface area contributed by atoms with Gasteiger partial charge in [-0.15, -0.1) is 0 Å². The third-order valence-electron chi connectivity index (χ3n) is 4.10. The summed E-state index contributed by atoms with van der Waals surface area (Å²) in [6, 6.07) is 9.65. The van der Waals surface area contributed by atoms with Crippen LogP contribution < -0.4 is 19.5 Å². The van der Waals surface area contributed by atoms with Crippen LogP contribution in [0.1, 0.15) is 29.3 Å². The van der Waals surface area contributed by atoms with Crippen molar-refractivity contribution in [1.82, 2.24) is 4.72 Å². The molecule has 2 aromatic carbocycles. The molecule has 1 aliphatic heterocycles. The van der Waals surface area contributed by atoms with Crippen molar-refractivity contribution in [3.8, 4) is 11.5 Å². The summed E-state index contributed by atoms with van der Waals surface area (Å²) in [5.41, 5.74) is 1.52. The summed E-state index contributed by atoms with van der Waals surface area (Å²) in [5.74, 6) is 0.821. The van der Waals surface area contributed by atoms with E-state index in [2.05, 4.69) is 10.0 Å². The highest BCUT2D eigenvalue weighted by Crippen LogP contribution is 2.32. The van der Waals surface area contributed by atoms with Crippen LogP contribution in [-0.2, 0) is 10.0 Å². The number of sulfonamides is 1. The van der Waals surface area contributed by atoms with Gasteiger partial charge in [-0.1, -0.05) is 13.0 Å². The highest BCUT2D eigenvalue weighted by atomic mass is 32.2. The molecule has 0 fully saturated rings. The number of fused-ring (bicyclic) bond motifs is 1. The SMILES string of the molecule is CCNS(=O)(=O)c1ccc(C)c(C(=O)Nc2ccc3c(c2)OCCCO3)c1. The van der Waals surface area contributed by atoms with Gasteiger partial charge in [-0.25, -0.2) is 13.1 Å². The Hall–Kier alpha value is -2.58. The van der Waals surface area contributed by atoms with E-state index in [9.17, 15) is 13.2 Å². The van der Waals surface area contributed by atoms with Crippen molar-refractivity contribution in [2.24, 2.45) is 0 Å². The third kappa shape index (κ3) is 4.40. The summed E-state index contributed by atoms with van der Waals surface area (Å²) in [6.45, 7) is 4.86. The first kappa shape index (κ1) is 19.2. The number of benzene rings is 2. The van der Waals surface area contributed by atoms with Crippen molar-refractivity contribution in [2.75, 3.05) is 25.1 Å². The van der Waals surface area contributed by atoms with E-state index in [4.69, 9.17) is 9.47 Å². The van der Waals surface area contributed by atoms with Crippen LogP contribution in [0.4, 0.5) is 5.69 Å². The second-order valence-electron chi connectivity index (χ2n) is 6.14. The van der Waals surface area contributed by atoms with E-state index in [1.54, 1.807) is 38.1 Å². The molecule has 3 rings (SSSR count). The molecule has 2 N–H and O–H groups in total. The lowest BCUT2D eigenvalue weighted by atomic mass is 10.1. The highest BCUT2D eigenvalue weighted by Gasteiger charge is 2.18. The molecule has 0 radical (unpaired) electrons. The molecule has 27 heavy (non-hydrogen) atoms. The molecule has 1 heterocycles. The van der Waals surface area contributed by atoms with Gasteiger partial charge >= 0.3 is 0 Å². The number of hydrogen-bond acceptors (Lipinski definition) is 5. The smallest absolute Gasteiger partial charge is 0.255 e. The second-order valence-corrected chi connectivity index (χ2v) is 7.91. The van der Waals surface area contributed by atoms with Crippen LogP contribution in [0.5, 0.6) is 11.5 Å². The van der Waals surface area contributed by atoms with Gasteiger partial charge in [0.25, 0.3) is 5.91 Å². The van der Waals surface area contributed by atoms with E-state index in [-0.39, 0.29) is 11.4 Å². The predicted molar refractivity (Wildman–Crippen MR) is 102 cm³/mol. The molecule has 0 unspecified atom stereocenters. The zero-order valence-corrected chi connectivity index (χ0v) is 16.1. The maximum absolute atomic E-state index is 12.7. The molecule has 0 atom stereocenters. The maximum Gasteiger partial charge on any atom is 0.255 e. The lowest BCUT2D eigenvalue weighted by Gasteiger charge is -2.12. The zero-order valence-electron chi connectivity index (χ0n) is 15.2. The third-order valence-corrected chi connectivity index (χ3v) is 5.65. The van der Waals surface area contributed by atoms with Gasteiger partial charge in [-0.2, -0.15) is 0 Å². The Morgan fingerprint density at radius 3 is 2.56 bits per heavy atom. The minimum absolute atomic E-state index is 0.0544. The molecule has 144 valence electrons. The number of aryl methyl sites for hydroxylation is 1. The molecule has 0 aromatic heterocycles. The molecule has 2 aromatic rings. The Morgan fingerprint density at radius 2 is 1.81 bits per heavy atom. The largest absolute Gasteiger partial charge is 0.490 e. The number of carbonyl (C=O) groups excluding carboxylic acids is 1. The Labute approximate surface area is 158 Å². The van der Waals surface area contributed by atoms with Crippen LogP contribution in [0.2, 0.25) is 0 Å². The van der Waals surface area contributed by atoms with Crippen molar-refractivity contribution in [1.29, 1.82) is 0 Å². The van der Waals surface area contributed by atoms with Crippen molar-refractivity contribution >= 4 is 21.6 Å². The Kier molecular flexibility index (Phi) is 5.67. The number of carbonyl (C=O) groups is 1. The summed E-state index contributed by atoms with van der Waals surface area (Å²) in [5, 5.41) is 2.79. The molecule has 1 aliphatic rings. The molecule has 8 heteroatoms. The summed E-state index contributed by atoms with van der Waals surface area (Å²) in [4.78, 5) is 12.8. The lowest BCUT2D eigenvalue weighted by Crippen LogP contribution is -2.24. The predicted octanol–water partition coefficient (Wildman–Crippen LogP) is 2.71. The maximum atomic E-state index is 12.7. The number of anilines is 1. The fraction of sp³-hybridized carbons (Fsp3) is 0.316. The number of nitrogens with one attached hydrogen (secondary N) is 2. The minimum atomic E-state index is -3.64. The van der Waals surface area contributed by atoms with Crippen LogP contribution in [0.15, 0.2) is 41.3 Å². The van der Waals surface area contributed by atoms with E-state index < -0.39 is 15.9 Å². The van der Waals surface area contributed by atoms with Gasteiger partial charge < -0.3 is 14.8 Å². The van der Waals surface area contributed by atoms with E-state index >= 15 is 0 Å². The summed E-state index contributed by atoms with van der Waals surface area (Å²) >= 11 is 0. The quantitative estimate of drug-likeness (QED) is 0.819. The Morgan fingerprint density at radius 1 is 1.07 bits per heavy atom. The topological polar surface area (TPSA) is 93.7 Å². The van der Waals surface area contributed by atoms with Gasteiger partial charge in [-0.05, 0) is 36.8 Å². The van der Waals surface area contributed by atoms with Crippen molar-refractivity contribution in [3.05, 3.63) is 47.5 Å². The van der Waals surface area contributed by atoms with Crippen molar-refractivity contribution in [3.63, 3.8) is 0 Å². The standard InChI is InChI=1S/C19H22N2O5S/c1-3-20-27(23,24)15-7-5-13(2)16(12-15)19(22)21-14-6-8-17-18(11-14)26-10-4-9-25-17/h5-8,11-12,20H,3-4,9-10H2,1-2H3,(H,21,22). The highest BCUT2D eigenvalue weighted by molar-refractivity contribution is 7.89. The fourth-order valence-corrected chi connectivity index (χ4v) is 3.79. The van der Waals surface area contributed by atoms with Gasteiger partial charge in [-0.3, -0.25) is 4.79 Å². The van der Waals surface area contributed by atoms with Gasteiger partial charge in [0, 0.05) is 30.3 Å². The normalized spacial score (nSPS) is 13.7. The fourth-order valence-electron chi connectivity index (χ4n) is 2.73. The van der Waals surface area contributed by atoms with Crippen molar-refractivity contribution < 1.29 is 22.7 Å². The summed E-state index contributed by atoms with van der Waals surface area (Å²) < 4.78 is 38.0. The zero-order chi connectivity index (χ0) is 19.4. The average Bonchev–Trinajstić information content (AvgIpc) is 2.86. The van der Waals surface area contributed by atoms with Crippen LogP contribution >= 0.6 is 0 Å². The number of rotatable bonds is 5. The van der Waals surface area contributed by atoms with Gasteiger partial charge in [0.05, 0.1) is 18.1 Å². The Bertz CT molecular complexity index is 957. The molecule has 0 aliphatic carbocycles. The molecule has 0 spiro atoms. The van der Waals surface area contributed by atoms with E-state index in [1.807, 2.05) is 0 Å². The Balaban J connectivity index is 1.85. The molecular weight excluding hydrogens is 368 g/mol. The van der Waals surface area contributed by atoms with E-state index in [1.165, 1.54) is 12.1 Å². The van der Waals surface area contributed by atoms with E-state index in [0.29, 0.717) is 41.5 Å². The monoisotopic (exact) mass is 390 g/mol. The number of amides is 1. The van der Waals surface area contributed by atoms with E-state index in [0.717, 1.165) is 6.42 Å². The molecular formula is C19H22N2O5S.